The molecule has 1 unspecified atom stereocenters. The van der Waals surface area contributed by atoms with Gasteiger partial charge in [-0.3, -0.25) is 5.41 Å². The minimum atomic E-state index is -0.890. The summed E-state index contributed by atoms with van der Waals surface area (Å²) in [6.07, 6.45) is 1.73. The van der Waals surface area contributed by atoms with Crippen LogP contribution in [0.15, 0.2) is 66.7 Å². The van der Waals surface area contributed by atoms with Crippen LogP contribution in [0.2, 0.25) is 0 Å². The minimum absolute atomic E-state index is 0.199. The quantitative estimate of drug-likeness (QED) is 0.398. The number of aryl methyl sites for hydroxylation is 2. The van der Waals surface area contributed by atoms with Crippen molar-refractivity contribution >= 4 is 22.4 Å². The molecule has 176 valence electrons. The Labute approximate surface area is 199 Å². The predicted molar refractivity (Wildman–Crippen MR) is 134 cm³/mol. The van der Waals surface area contributed by atoms with E-state index in [0.29, 0.717) is 17.9 Å². The van der Waals surface area contributed by atoms with Gasteiger partial charge in [-0.25, -0.2) is 5.21 Å². The Bertz CT molecular complexity index is 1380. The van der Waals surface area contributed by atoms with E-state index >= 15 is 0 Å². The monoisotopic (exact) mass is 457 g/mol. The number of aromatic nitrogens is 2. The Kier molecular flexibility index (Phi) is 6.00. The number of hydrogen-bond donors (Lipinski definition) is 3. The maximum Gasteiger partial charge on any atom is 0.203 e. The highest BCUT2D eigenvalue weighted by Crippen LogP contribution is 2.32. The second-order valence-electron chi connectivity index (χ2n) is 9.24. The Morgan fingerprint density at radius 2 is 1.65 bits per heavy atom. The zero-order chi connectivity index (χ0) is 23.8. The fraction of sp³-hybridized carbons (Fsp3) is 0.296. The van der Waals surface area contributed by atoms with Gasteiger partial charge in [-0.2, -0.15) is 5.23 Å². The third kappa shape index (κ3) is 4.03. The van der Waals surface area contributed by atoms with Crippen LogP contribution in [-0.2, 0) is 6.54 Å². The second kappa shape index (κ2) is 9.10. The van der Waals surface area contributed by atoms with Gasteiger partial charge in [-0.05, 0) is 61.6 Å². The molecule has 0 aliphatic carbocycles. The number of anilines is 1. The number of piperidine rings is 1. The predicted octanol–water partition coefficient (Wildman–Crippen LogP) is 3.83. The average molecular weight is 458 g/mol. The topological polar surface area (TPSA) is 84.7 Å². The lowest BCUT2D eigenvalue weighted by Crippen LogP contribution is -2.99. The van der Waals surface area contributed by atoms with E-state index in [-0.39, 0.29) is 6.04 Å². The first-order valence-corrected chi connectivity index (χ1v) is 11.8. The summed E-state index contributed by atoms with van der Waals surface area (Å²) in [6.45, 7) is 6.30. The molecule has 0 radical (unpaired) electrons. The van der Waals surface area contributed by atoms with Gasteiger partial charge in [0.05, 0.1) is 17.6 Å². The van der Waals surface area contributed by atoms with E-state index in [1.807, 2.05) is 37.3 Å². The number of benzene rings is 3. The zero-order valence-electron chi connectivity index (χ0n) is 19.7. The highest BCUT2D eigenvalue weighted by Gasteiger charge is 2.26. The molecule has 1 aromatic heterocycles. The molecule has 1 atom stereocenters. The molecule has 7 heteroatoms. The number of hydrogen-bond acceptors (Lipinski definition) is 4. The first kappa shape index (κ1) is 22.4. The van der Waals surface area contributed by atoms with Crippen molar-refractivity contribution in [3.05, 3.63) is 94.2 Å². The van der Waals surface area contributed by atoms with E-state index in [9.17, 15) is 10.4 Å². The van der Waals surface area contributed by atoms with Gasteiger partial charge in [-0.15, -0.1) is 0 Å². The van der Waals surface area contributed by atoms with Crippen molar-refractivity contribution in [3.8, 4) is 0 Å². The summed E-state index contributed by atoms with van der Waals surface area (Å²) in [6, 6.07) is 22.4. The summed E-state index contributed by atoms with van der Waals surface area (Å²) >= 11 is 0. The fourth-order valence-corrected chi connectivity index (χ4v) is 5.19. The third-order valence-corrected chi connectivity index (χ3v) is 7.06. The number of rotatable bonds is 5. The zero-order valence-corrected chi connectivity index (χ0v) is 19.7. The van der Waals surface area contributed by atoms with Crippen LogP contribution < -0.4 is 15.7 Å². The molecule has 1 fully saturated rings. The molecule has 0 bridgehead atoms. The molecule has 34 heavy (non-hydrogen) atoms. The largest absolute Gasteiger partial charge is 0.595 e. The van der Waals surface area contributed by atoms with Gasteiger partial charge < -0.3 is 19.2 Å². The van der Waals surface area contributed by atoms with Crippen molar-refractivity contribution in [2.24, 2.45) is 0 Å². The van der Waals surface area contributed by atoms with Crippen LogP contribution in [-0.4, -0.2) is 27.4 Å². The molecule has 1 aliphatic heterocycles. The Morgan fingerprint density at radius 1 is 0.971 bits per heavy atom. The molecule has 1 aliphatic rings. The van der Waals surface area contributed by atoms with Gasteiger partial charge in [-0.1, -0.05) is 42.5 Å². The number of fused-ring (bicyclic) bond motifs is 1. The van der Waals surface area contributed by atoms with Crippen LogP contribution in [0.4, 0.5) is 11.4 Å². The molecular formula is C27H31N5O2. The van der Waals surface area contributed by atoms with Crippen LogP contribution >= 0.6 is 0 Å². The molecule has 3 N–H and O–H groups in total. The van der Waals surface area contributed by atoms with Crippen LogP contribution in [0.25, 0.3) is 11.0 Å². The molecule has 0 saturated carbocycles. The summed E-state index contributed by atoms with van der Waals surface area (Å²) in [5.41, 5.74) is 7.34. The Hall–Kier alpha value is -3.39. The molecule has 3 aromatic carbocycles. The van der Waals surface area contributed by atoms with Crippen molar-refractivity contribution in [1.29, 1.82) is 5.41 Å². The highest BCUT2D eigenvalue weighted by molar-refractivity contribution is 5.76. The van der Waals surface area contributed by atoms with Crippen molar-refractivity contribution < 1.29 is 10.4 Å². The van der Waals surface area contributed by atoms with Gasteiger partial charge in [0.1, 0.15) is 5.69 Å². The summed E-state index contributed by atoms with van der Waals surface area (Å²) in [7, 11) is 0. The van der Waals surface area contributed by atoms with Crippen molar-refractivity contribution in [2.75, 3.05) is 18.0 Å². The number of para-hydroxylation sites is 2. The molecule has 2 heterocycles. The molecule has 7 nitrogen and oxygen atoms in total. The molecule has 4 aromatic rings. The van der Waals surface area contributed by atoms with E-state index in [0.717, 1.165) is 48.2 Å². The smallest absolute Gasteiger partial charge is 0.203 e. The van der Waals surface area contributed by atoms with Crippen LogP contribution in [0.1, 0.15) is 35.6 Å². The normalized spacial score (nSPS) is 15.7. The summed E-state index contributed by atoms with van der Waals surface area (Å²) in [5, 5.41) is 29.6. The second-order valence-corrected chi connectivity index (χ2v) is 9.24. The van der Waals surface area contributed by atoms with Gasteiger partial charge in [0.2, 0.25) is 5.62 Å². The van der Waals surface area contributed by atoms with Gasteiger partial charge >= 0.3 is 0 Å². The number of imidazole rings is 1. The SMILES string of the molecule is Cc1ccc([NH+]([O-])O)c(N2CCC(n3c(=N)n(Cc4ccccc4C)c4ccccc43)CC2)c1. The lowest BCUT2D eigenvalue weighted by Gasteiger charge is -2.35. The van der Waals surface area contributed by atoms with Crippen molar-refractivity contribution in [1.82, 2.24) is 9.13 Å². The fourth-order valence-electron chi connectivity index (χ4n) is 5.19. The van der Waals surface area contributed by atoms with E-state index in [2.05, 4.69) is 51.3 Å². The summed E-state index contributed by atoms with van der Waals surface area (Å²) < 4.78 is 4.28. The van der Waals surface area contributed by atoms with Gasteiger partial charge in [0, 0.05) is 25.2 Å². The lowest BCUT2D eigenvalue weighted by atomic mass is 10.0. The first-order chi connectivity index (χ1) is 16.4. The lowest BCUT2D eigenvalue weighted by molar-refractivity contribution is -0.990. The molecule has 0 spiro atoms. The number of quaternary nitrogens is 1. The van der Waals surface area contributed by atoms with Crippen LogP contribution in [0.5, 0.6) is 0 Å². The third-order valence-electron chi connectivity index (χ3n) is 7.06. The number of nitrogens with zero attached hydrogens (tertiary/aromatic N) is 3. The van der Waals surface area contributed by atoms with E-state index in [1.54, 1.807) is 6.07 Å². The summed E-state index contributed by atoms with van der Waals surface area (Å²) in [4.78, 5) is 2.18. The van der Waals surface area contributed by atoms with Crippen molar-refractivity contribution in [2.45, 2.75) is 39.3 Å². The Balaban J connectivity index is 1.46. The first-order valence-electron chi connectivity index (χ1n) is 11.8. The van der Waals surface area contributed by atoms with E-state index in [1.165, 1.54) is 11.1 Å². The minimum Gasteiger partial charge on any atom is -0.595 e. The van der Waals surface area contributed by atoms with Gasteiger partial charge in [0.15, 0.2) is 5.69 Å². The van der Waals surface area contributed by atoms with E-state index < -0.39 is 5.23 Å². The number of nitrogens with one attached hydrogen (secondary N) is 2. The molecular weight excluding hydrogens is 426 g/mol. The molecule has 1 saturated heterocycles. The van der Waals surface area contributed by atoms with Crippen LogP contribution in [0, 0.1) is 24.5 Å². The maximum absolute atomic E-state index is 11.8. The average Bonchev–Trinajstić information content (AvgIpc) is 3.11. The maximum atomic E-state index is 11.8. The Morgan fingerprint density at radius 3 is 2.35 bits per heavy atom. The molecule has 5 rings (SSSR count). The van der Waals surface area contributed by atoms with Crippen LogP contribution in [0.3, 0.4) is 0 Å². The van der Waals surface area contributed by atoms with E-state index in [4.69, 9.17) is 5.41 Å². The standard InChI is InChI=1S/C27H31N5O2/c1-19-11-12-25(32(33)34)26(17-19)29-15-13-22(14-16-29)31-24-10-6-5-9-23(24)30(27(31)28)18-21-8-4-3-7-20(21)2/h3-12,17,22,28,32-33H,13-16,18H2,1-2H3. The van der Waals surface area contributed by atoms with Gasteiger partial charge in [0.25, 0.3) is 0 Å². The summed E-state index contributed by atoms with van der Waals surface area (Å²) in [5.74, 6) is 0. The highest BCUT2D eigenvalue weighted by atomic mass is 16.8. The molecule has 0 amide bonds. The van der Waals surface area contributed by atoms with Crippen molar-refractivity contribution in [3.63, 3.8) is 0 Å².